The van der Waals surface area contributed by atoms with Gasteiger partial charge in [0.15, 0.2) is 0 Å². The first-order valence-electron chi connectivity index (χ1n) is 8.58. The van der Waals surface area contributed by atoms with Crippen LogP contribution in [0.2, 0.25) is 0 Å². The first-order chi connectivity index (χ1) is 9.18. The van der Waals surface area contributed by atoms with Gasteiger partial charge in [-0.3, -0.25) is 0 Å². The van der Waals surface area contributed by atoms with Gasteiger partial charge in [0.25, 0.3) is 0 Å². The molecule has 0 fully saturated rings. The highest BCUT2D eigenvalue weighted by molar-refractivity contribution is 6.17. The van der Waals surface area contributed by atoms with Gasteiger partial charge in [-0.25, -0.2) is 0 Å². The van der Waals surface area contributed by atoms with Gasteiger partial charge in [0, 0.05) is 5.88 Å². The average molecular weight is 418 g/mol. The smallest absolute Gasteiger partial charge is 0.0784 e. The van der Waals surface area contributed by atoms with Gasteiger partial charge in [-0.1, -0.05) is 39.5 Å². The number of halogens is 2. The average Bonchev–Trinajstić information content (AvgIpc) is 2.39. The fourth-order valence-corrected chi connectivity index (χ4v) is 2.95. The molecule has 0 aromatic rings. The highest BCUT2D eigenvalue weighted by Gasteiger charge is 2.19. The van der Waals surface area contributed by atoms with Crippen LogP contribution < -0.4 is 24.0 Å². The van der Waals surface area contributed by atoms with Crippen LogP contribution >= 0.6 is 11.6 Å². The van der Waals surface area contributed by atoms with Crippen LogP contribution in [0.5, 0.6) is 0 Å². The molecule has 0 radical (unpaired) electrons. The Hall–Kier alpha value is 0.980. The Labute approximate surface area is 150 Å². The number of hydrogen-bond acceptors (Lipinski definition) is 0. The minimum Gasteiger partial charge on any atom is -1.00 e. The van der Waals surface area contributed by atoms with Crippen molar-refractivity contribution < 1.29 is 28.5 Å². The van der Waals surface area contributed by atoms with Gasteiger partial charge >= 0.3 is 0 Å². The van der Waals surface area contributed by atoms with Crippen molar-refractivity contribution in [1.29, 1.82) is 0 Å². The summed E-state index contributed by atoms with van der Waals surface area (Å²) in [5.74, 6) is 0.825. The van der Waals surface area contributed by atoms with E-state index < -0.39 is 0 Å². The van der Waals surface area contributed by atoms with E-state index in [0.717, 1.165) is 5.88 Å². The molecule has 0 spiro atoms. The molecule has 1 nitrogen and oxygen atoms in total. The number of rotatable bonds is 14. The second-order valence-corrected chi connectivity index (χ2v) is 6.69. The van der Waals surface area contributed by atoms with Gasteiger partial charge in [0.05, 0.1) is 26.7 Å². The molecular formula is C17H37ClIN. The van der Waals surface area contributed by atoms with Crippen LogP contribution in [0.3, 0.4) is 0 Å². The van der Waals surface area contributed by atoms with Crippen molar-refractivity contribution >= 4 is 11.6 Å². The van der Waals surface area contributed by atoms with Crippen LogP contribution in [0.1, 0.15) is 78.1 Å². The summed E-state index contributed by atoms with van der Waals surface area (Å²) < 4.78 is 1.28. The lowest BCUT2D eigenvalue weighted by Crippen LogP contribution is -3.00. The number of unbranched alkanes of at least 4 members (excludes halogenated alkanes) is 7. The maximum atomic E-state index is 5.81. The normalized spacial score (nSPS) is 13.8. The molecule has 3 heteroatoms. The number of hydrogen-bond donors (Lipinski definition) is 0. The fraction of sp³-hybridized carbons (Fsp3) is 1.00. The van der Waals surface area contributed by atoms with E-state index in [4.69, 9.17) is 11.6 Å². The van der Waals surface area contributed by atoms with Crippen LogP contribution in [0.25, 0.3) is 0 Å². The molecule has 0 amide bonds. The molecule has 1 atom stereocenters. The molecule has 1 unspecified atom stereocenters. The highest BCUT2D eigenvalue weighted by atomic mass is 127. The molecule has 0 saturated carbocycles. The minimum absolute atomic E-state index is 0. The molecule has 0 aromatic carbocycles. The van der Waals surface area contributed by atoms with Gasteiger partial charge in [-0.05, 0) is 38.5 Å². The van der Waals surface area contributed by atoms with Crippen LogP contribution in [-0.2, 0) is 0 Å². The molecule has 0 aliphatic rings. The molecule has 0 aliphatic heterocycles. The van der Waals surface area contributed by atoms with Gasteiger partial charge in [0.2, 0.25) is 0 Å². The van der Waals surface area contributed by atoms with Crippen LogP contribution in [0, 0.1) is 0 Å². The molecular weight excluding hydrogens is 381 g/mol. The summed E-state index contributed by atoms with van der Waals surface area (Å²) in [7, 11) is 2.46. The standard InChI is InChI=1S/C17H37ClN.HI/c1-4-6-8-9-12-16-19(3,15-11-7-5-2)17-13-10-14-18;/h4-17H2,1-3H3;1H/q+1;/p-1. The van der Waals surface area contributed by atoms with E-state index in [2.05, 4.69) is 20.9 Å². The predicted molar refractivity (Wildman–Crippen MR) is 89.0 cm³/mol. The third kappa shape index (κ3) is 13.9. The largest absolute Gasteiger partial charge is 1.00 e. The fourth-order valence-electron chi connectivity index (χ4n) is 2.76. The van der Waals surface area contributed by atoms with Crippen molar-refractivity contribution in [2.24, 2.45) is 0 Å². The van der Waals surface area contributed by atoms with E-state index in [1.165, 1.54) is 88.3 Å². The quantitative estimate of drug-likeness (QED) is 0.176. The number of quaternary nitrogens is 1. The van der Waals surface area contributed by atoms with Gasteiger partial charge in [-0.15, -0.1) is 11.6 Å². The Morgan fingerprint density at radius 3 is 1.55 bits per heavy atom. The first kappa shape index (κ1) is 23.2. The number of alkyl halides is 1. The lowest BCUT2D eigenvalue weighted by molar-refractivity contribution is -0.910. The van der Waals surface area contributed by atoms with Gasteiger partial charge in [0.1, 0.15) is 0 Å². The Morgan fingerprint density at radius 1 is 0.650 bits per heavy atom. The van der Waals surface area contributed by atoms with Crippen molar-refractivity contribution in [1.82, 2.24) is 0 Å². The zero-order valence-corrected chi connectivity index (χ0v) is 17.0. The summed E-state index contributed by atoms with van der Waals surface area (Å²) in [5.41, 5.74) is 0. The first-order valence-corrected chi connectivity index (χ1v) is 9.11. The van der Waals surface area contributed by atoms with Gasteiger partial charge in [-0.2, -0.15) is 0 Å². The van der Waals surface area contributed by atoms with Crippen LogP contribution in [0.15, 0.2) is 0 Å². The highest BCUT2D eigenvalue weighted by Crippen LogP contribution is 2.13. The molecule has 0 aliphatic carbocycles. The molecule has 0 rings (SSSR count). The van der Waals surface area contributed by atoms with E-state index in [9.17, 15) is 0 Å². The van der Waals surface area contributed by atoms with Crippen LogP contribution in [0.4, 0.5) is 0 Å². The van der Waals surface area contributed by atoms with E-state index in [1.807, 2.05) is 0 Å². The maximum Gasteiger partial charge on any atom is 0.0784 e. The van der Waals surface area contributed by atoms with E-state index in [0.29, 0.717) is 0 Å². The zero-order valence-electron chi connectivity index (χ0n) is 14.1. The molecule has 0 saturated heterocycles. The number of nitrogens with zero attached hydrogens (tertiary/aromatic N) is 1. The summed E-state index contributed by atoms with van der Waals surface area (Å²) in [6.45, 7) is 8.64. The lowest BCUT2D eigenvalue weighted by Gasteiger charge is -2.35. The van der Waals surface area contributed by atoms with E-state index >= 15 is 0 Å². The monoisotopic (exact) mass is 417 g/mol. The SMILES string of the molecule is CCCCCCC[N+](C)(CCCCC)CCCCCl.[I-]. The molecule has 0 bridgehead atoms. The predicted octanol–water partition coefficient (Wildman–Crippen LogP) is 2.62. The van der Waals surface area contributed by atoms with Crippen molar-refractivity contribution in [3.8, 4) is 0 Å². The van der Waals surface area contributed by atoms with E-state index in [1.54, 1.807) is 0 Å². The summed E-state index contributed by atoms with van der Waals surface area (Å²) in [6, 6.07) is 0. The second-order valence-electron chi connectivity index (χ2n) is 6.31. The molecule has 20 heavy (non-hydrogen) atoms. The van der Waals surface area contributed by atoms with Crippen LogP contribution in [-0.4, -0.2) is 37.0 Å². The Morgan fingerprint density at radius 2 is 1.05 bits per heavy atom. The summed E-state index contributed by atoms with van der Waals surface area (Å²) >= 11 is 5.81. The Bertz CT molecular complexity index is 178. The molecule has 0 heterocycles. The molecule has 0 aromatic heterocycles. The Balaban J connectivity index is 0. The third-order valence-corrected chi connectivity index (χ3v) is 4.45. The van der Waals surface area contributed by atoms with Crippen molar-refractivity contribution in [3.05, 3.63) is 0 Å². The third-order valence-electron chi connectivity index (χ3n) is 4.18. The van der Waals surface area contributed by atoms with Gasteiger partial charge < -0.3 is 28.5 Å². The molecule has 0 N–H and O–H groups in total. The van der Waals surface area contributed by atoms with E-state index in [-0.39, 0.29) is 24.0 Å². The lowest BCUT2D eigenvalue weighted by atomic mass is 10.1. The summed E-state index contributed by atoms with van der Waals surface area (Å²) in [6.07, 6.45) is 13.6. The minimum atomic E-state index is 0. The maximum absolute atomic E-state index is 5.81. The summed E-state index contributed by atoms with van der Waals surface area (Å²) in [5, 5.41) is 0. The van der Waals surface area contributed by atoms with Crippen molar-refractivity contribution in [2.75, 3.05) is 32.6 Å². The zero-order chi connectivity index (χ0) is 14.4. The van der Waals surface area contributed by atoms with Crippen molar-refractivity contribution in [2.45, 2.75) is 78.1 Å². The topological polar surface area (TPSA) is 0 Å². The molecule has 124 valence electrons. The summed E-state index contributed by atoms with van der Waals surface area (Å²) in [4.78, 5) is 0. The second kappa shape index (κ2) is 16.4. The Kier molecular flexibility index (Phi) is 19.0. The van der Waals surface area contributed by atoms with Crippen molar-refractivity contribution in [3.63, 3.8) is 0 Å².